The van der Waals surface area contributed by atoms with Gasteiger partial charge < -0.3 is 14.5 Å². The van der Waals surface area contributed by atoms with Gasteiger partial charge in [-0.25, -0.2) is 4.68 Å². The molecule has 0 saturated carbocycles. The quantitative estimate of drug-likeness (QED) is 0.593. The summed E-state index contributed by atoms with van der Waals surface area (Å²) in [6.45, 7) is 4.48. The van der Waals surface area contributed by atoms with Gasteiger partial charge in [-0.3, -0.25) is 14.9 Å². The van der Waals surface area contributed by atoms with Crippen molar-refractivity contribution in [3.05, 3.63) is 15.8 Å². The molecule has 9 nitrogen and oxygen atoms in total. The Bertz CT molecular complexity index is 615. The zero-order valence-electron chi connectivity index (χ0n) is 13.4. The average Bonchev–Trinajstić information content (AvgIpc) is 3.14. The zero-order chi connectivity index (χ0) is 16.6. The van der Waals surface area contributed by atoms with Crippen LogP contribution in [0.25, 0.3) is 0 Å². The standard InChI is InChI=1S/C14H21N5O4/c1-10-12(19(21)22)13(16(2)15-10)17-5-7-18(8-6-17)14(20)11-4-3-9-23-11/h11H,3-9H2,1-2H3/t11-/m0/s1. The molecule has 0 bridgehead atoms. The minimum Gasteiger partial charge on any atom is -0.368 e. The number of carbonyl (C=O) groups is 1. The van der Waals surface area contributed by atoms with Gasteiger partial charge in [0.15, 0.2) is 0 Å². The third-order valence-corrected chi connectivity index (χ3v) is 4.44. The summed E-state index contributed by atoms with van der Waals surface area (Å²) in [6.07, 6.45) is 1.40. The first-order valence-corrected chi connectivity index (χ1v) is 7.82. The molecule has 0 unspecified atom stereocenters. The summed E-state index contributed by atoms with van der Waals surface area (Å²) in [7, 11) is 1.71. The van der Waals surface area contributed by atoms with E-state index in [0.717, 1.165) is 12.8 Å². The van der Waals surface area contributed by atoms with Gasteiger partial charge in [-0.15, -0.1) is 0 Å². The Labute approximate surface area is 133 Å². The molecular formula is C14H21N5O4. The lowest BCUT2D eigenvalue weighted by atomic mass is 10.2. The summed E-state index contributed by atoms with van der Waals surface area (Å²) in [6, 6.07) is 0. The van der Waals surface area contributed by atoms with Crippen molar-refractivity contribution in [2.45, 2.75) is 25.9 Å². The first-order chi connectivity index (χ1) is 11.0. The molecule has 9 heteroatoms. The van der Waals surface area contributed by atoms with Gasteiger partial charge in [-0.1, -0.05) is 0 Å². The van der Waals surface area contributed by atoms with Crippen LogP contribution in [0, 0.1) is 17.0 Å². The van der Waals surface area contributed by atoms with Crippen molar-refractivity contribution < 1.29 is 14.5 Å². The van der Waals surface area contributed by atoms with Gasteiger partial charge in [0.25, 0.3) is 5.91 Å². The van der Waals surface area contributed by atoms with Crippen LogP contribution in [0.15, 0.2) is 0 Å². The average molecular weight is 323 g/mol. The Kier molecular flexibility index (Phi) is 4.20. The molecule has 0 aromatic carbocycles. The fourth-order valence-electron chi connectivity index (χ4n) is 3.32. The number of hydrogen-bond acceptors (Lipinski definition) is 6. The van der Waals surface area contributed by atoms with E-state index in [0.29, 0.717) is 44.3 Å². The predicted octanol–water partition coefficient (Wildman–Crippen LogP) is 0.464. The van der Waals surface area contributed by atoms with Crippen molar-refractivity contribution in [3.8, 4) is 0 Å². The number of piperazine rings is 1. The maximum Gasteiger partial charge on any atom is 0.333 e. The summed E-state index contributed by atoms with van der Waals surface area (Å²) in [5.41, 5.74) is 0.455. The van der Waals surface area contributed by atoms with E-state index in [-0.39, 0.29) is 22.6 Å². The van der Waals surface area contributed by atoms with Crippen LogP contribution in [-0.2, 0) is 16.6 Å². The van der Waals surface area contributed by atoms with Crippen LogP contribution >= 0.6 is 0 Å². The van der Waals surface area contributed by atoms with E-state index >= 15 is 0 Å². The lowest BCUT2D eigenvalue weighted by Crippen LogP contribution is -2.51. The fraction of sp³-hybridized carbons (Fsp3) is 0.714. The molecule has 2 saturated heterocycles. The number of aromatic nitrogens is 2. The maximum absolute atomic E-state index is 12.3. The van der Waals surface area contributed by atoms with Crippen molar-refractivity contribution in [2.75, 3.05) is 37.7 Å². The van der Waals surface area contributed by atoms with Crippen LogP contribution in [-0.4, -0.2) is 64.4 Å². The lowest BCUT2D eigenvalue weighted by molar-refractivity contribution is -0.384. The van der Waals surface area contributed by atoms with Crippen molar-refractivity contribution in [3.63, 3.8) is 0 Å². The molecule has 2 fully saturated rings. The van der Waals surface area contributed by atoms with Crippen molar-refractivity contribution in [1.82, 2.24) is 14.7 Å². The van der Waals surface area contributed by atoms with Crippen LogP contribution < -0.4 is 4.90 Å². The van der Waals surface area contributed by atoms with Gasteiger partial charge in [0.05, 0.1) is 4.92 Å². The number of aryl methyl sites for hydroxylation is 2. The Morgan fingerprint density at radius 2 is 2.04 bits per heavy atom. The summed E-state index contributed by atoms with van der Waals surface area (Å²) >= 11 is 0. The second-order valence-corrected chi connectivity index (χ2v) is 5.95. The lowest BCUT2D eigenvalue weighted by Gasteiger charge is -2.36. The molecular weight excluding hydrogens is 302 g/mol. The molecule has 1 aromatic heterocycles. The van der Waals surface area contributed by atoms with Crippen LogP contribution in [0.4, 0.5) is 11.5 Å². The predicted molar refractivity (Wildman–Crippen MR) is 82.4 cm³/mol. The molecule has 0 spiro atoms. The third-order valence-electron chi connectivity index (χ3n) is 4.44. The highest BCUT2D eigenvalue weighted by Gasteiger charge is 2.34. The molecule has 0 aliphatic carbocycles. The molecule has 126 valence electrons. The maximum atomic E-state index is 12.3. The number of amides is 1. The van der Waals surface area contributed by atoms with Crippen molar-refractivity contribution >= 4 is 17.4 Å². The number of hydrogen-bond donors (Lipinski definition) is 0. The van der Waals surface area contributed by atoms with Crippen LogP contribution in [0.5, 0.6) is 0 Å². The smallest absolute Gasteiger partial charge is 0.333 e. The van der Waals surface area contributed by atoms with Crippen LogP contribution in [0.1, 0.15) is 18.5 Å². The number of nitrogens with zero attached hydrogens (tertiary/aromatic N) is 5. The minimum absolute atomic E-state index is 0.0397. The van der Waals surface area contributed by atoms with Gasteiger partial charge in [0.2, 0.25) is 5.82 Å². The first-order valence-electron chi connectivity index (χ1n) is 7.82. The number of anilines is 1. The summed E-state index contributed by atoms with van der Waals surface area (Å²) in [5.74, 6) is 0.551. The Morgan fingerprint density at radius 1 is 1.35 bits per heavy atom. The molecule has 0 radical (unpaired) electrons. The Balaban J connectivity index is 1.70. The van der Waals surface area contributed by atoms with Gasteiger partial charge in [0.1, 0.15) is 11.8 Å². The van der Waals surface area contributed by atoms with E-state index in [1.165, 1.54) is 0 Å². The minimum atomic E-state index is -0.387. The third kappa shape index (κ3) is 2.88. The first kappa shape index (κ1) is 15.7. The largest absolute Gasteiger partial charge is 0.368 e. The topological polar surface area (TPSA) is 93.7 Å². The second kappa shape index (κ2) is 6.15. The number of ether oxygens (including phenoxy) is 1. The van der Waals surface area contributed by atoms with E-state index in [2.05, 4.69) is 5.10 Å². The number of nitro groups is 1. The van der Waals surface area contributed by atoms with Crippen LogP contribution in [0.2, 0.25) is 0 Å². The fourth-order valence-corrected chi connectivity index (χ4v) is 3.32. The molecule has 2 aliphatic heterocycles. The van der Waals surface area contributed by atoms with Crippen LogP contribution in [0.3, 0.4) is 0 Å². The number of carbonyl (C=O) groups excluding carboxylic acids is 1. The van der Waals surface area contributed by atoms with E-state index in [1.807, 2.05) is 4.90 Å². The molecule has 1 aromatic rings. The Hall–Kier alpha value is -2.16. The molecule has 1 amide bonds. The summed E-state index contributed by atoms with van der Waals surface area (Å²) < 4.78 is 6.99. The van der Waals surface area contributed by atoms with Gasteiger partial charge in [-0.05, 0) is 19.8 Å². The summed E-state index contributed by atoms with van der Waals surface area (Å²) in [4.78, 5) is 27.0. The van der Waals surface area contributed by atoms with E-state index in [1.54, 1.807) is 23.6 Å². The second-order valence-electron chi connectivity index (χ2n) is 5.95. The van der Waals surface area contributed by atoms with E-state index in [4.69, 9.17) is 4.74 Å². The SMILES string of the molecule is Cc1nn(C)c(N2CCN(C(=O)[C@@H]3CCCO3)CC2)c1[N+](=O)[O-]. The highest BCUT2D eigenvalue weighted by Crippen LogP contribution is 2.31. The van der Waals surface area contributed by atoms with Gasteiger partial charge in [0, 0.05) is 39.8 Å². The molecule has 1 atom stereocenters. The van der Waals surface area contributed by atoms with Gasteiger partial charge >= 0.3 is 5.69 Å². The van der Waals surface area contributed by atoms with Crippen molar-refractivity contribution in [1.29, 1.82) is 0 Å². The van der Waals surface area contributed by atoms with Gasteiger partial charge in [-0.2, -0.15) is 5.10 Å². The molecule has 2 aliphatic rings. The molecule has 23 heavy (non-hydrogen) atoms. The van der Waals surface area contributed by atoms with E-state index < -0.39 is 0 Å². The monoisotopic (exact) mass is 323 g/mol. The highest BCUT2D eigenvalue weighted by molar-refractivity contribution is 5.81. The highest BCUT2D eigenvalue weighted by atomic mass is 16.6. The summed E-state index contributed by atoms with van der Waals surface area (Å²) in [5, 5.41) is 15.4. The molecule has 3 rings (SSSR count). The zero-order valence-corrected chi connectivity index (χ0v) is 13.4. The Morgan fingerprint density at radius 3 is 2.61 bits per heavy atom. The molecule has 0 N–H and O–H groups in total. The van der Waals surface area contributed by atoms with Crippen molar-refractivity contribution in [2.24, 2.45) is 7.05 Å². The van der Waals surface area contributed by atoms with E-state index in [9.17, 15) is 14.9 Å². The molecule has 3 heterocycles. The number of rotatable bonds is 3. The normalized spacial score (nSPS) is 21.7.